The van der Waals surface area contributed by atoms with Crippen molar-refractivity contribution in [2.24, 2.45) is 0 Å². The lowest BCUT2D eigenvalue weighted by molar-refractivity contribution is 0.00578. The molecule has 2 N–H and O–H groups in total. The maximum atomic E-state index is 6.54. The highest BCUT2D eigenvalue weighted by atomic mass is 35.5. The molecule has 0 saturated carbocycles. The normalized spacial score (nSPS) is 13.0. The number of fused-ring (bicyclic) bond motifs is 18. The van der Waals surface area contributed by atoms with E-state index in [-0.39, 0.29) is 11.2 Å². The molecule has 10 nitrogen and oxygen atoms in total. The fourth-order valence-electron chi connectivity index (χ4n) is 16.6. The van der Waals surface area contributed by atoms with Crippen molar-refractivity contribution in [2.45, 2.75) is 38.9 Å². The van der Waals surface area contributed by atoms with Gasteiger partial charge in [-0.1, -0.05) is 307 Å². The van der Waals surface area contributed by atoms with Gasteiger partial charge in [-0.3, -0.25) is 8.80 Å². The van der Waals surface area contributed by atoms with Crippen molar-refractivity contribution >= 4 is 169 Å². The van der Waals surface area contributed by atoms with Crippen LogP contribution in [0.3, 0.4) is 0 Å². The Balaban J connectivity index is 0.000000104. The van der Waals surface area contributed by atoms with Crippen LogP contribution in [0.15, 0.2) is 364 Å². The van der Waals surface area contributed by atoms with Gasteiger partial charge in [0.15, 0.2) is 0 Å². The van der Waals surface area contributed by atoms with Gasteiger partial charge in [-0.05, 0) is 215 Å². The van der Waals surface area contributed by atoms with Crippen molar-refractivity contribution in [3.63, 3.8) is 0 Å². The highest BCUT2D eigenvalue weighted by Gasteiger charge is 2.52. The zero-order chi connectivity index (χ0) is 82.9. The molecule has 0 unspecified atom stereocenters. The fraction of sp³-hybridized carbons (Fsp3) is 0.0566. The summed E-state index contributed by atoms with van der Waals surface area (Å²) in [6, 6.07) is 124. The molecular formula is C106H74BCl5N8O2. The Labute approximate surface area is 729 Å². The average Bonchev–Trinajstić information content (AvgIpc) is 1.54. The van der Waals surface area contributed by atoms with E-state index in [1.165, 1.54) is 43.8 Å². The summed E-state index contributed by atoms with van der Waals surface area (Å²) in [7, 11) is -0.416. The van der Waals surface area contributed by atoms with Crippen LogP contribution in [0.1, 0.15) is 27.7 Å². The lowest BCUT2D eigenvalue weighted by atomic mass is 9.78. The predicted octanol–water partition coefficient (Wildman–Crippen LogP) is 29.6. The van der Waals surface area contributed by atoms with Crippen molar-refractivity contribution in [2.75, 3.05) is 0 Å². The fourth-order valence-corrected chi connectivity index (χ4v) is 17.8. The number of imidazole rings is 4. The molecule has 7 heterocycles. The van der Waals surface area contributed by atoms with E-state index in [0.29, 0.717) is 20.1 Å². The van der Waals surface area contributed by atoms with Crippen LogP contribution < -0.4 is 5.46 Å². The summed E-state index contributed by atoms with van der Waals surface area (Å²) >= 11 is 31.7. The molecule has 588 valence electrons. The second-order valence-electron chi connectivity index (χ2n) is 31.5. The molecule has 1 aliphatic heterocycles. The lowest BCUT2D eigenvalue weighted by Crippen LogP contribution is -2.41. The number of halogens is 5. The van der Waals surface area contributed by atoms with Gasteiger partial charge in [-0.15, -0.1) is 0 Å². The topological polar surface area (TPSA) is 110 Å². The molecule has 23 rings (SSSR count). The number of hydrogen-bond acceptors (Lipinski definition) is 6. The monoisotopic (exact) mass is 1680 g/mol. The van der Waals surface area contributed by atoms with E-state index < -0.39 is 7.12 Å². The number of para-hydroxylation sites is 8. The maximum Gasteiger partial charge on any atom is 0.494 e. The Morgan fingerprint density at radius 3 is 1.02 bits per heavy atom. The SMILES string of the molecule is CC1(C)OB(c2ccc3c4ccc(-c5ccccc5)cc4c4nc5ccccc5n4c3c2)OC1(C)C.Clc1ccc(-c2ccc(-c3ccccc3)cc2-c2nc3ccccc3[nH]2)c(Cl)c1.Clc1ccc(-c2ccc(-c3ccccc3)cc2-c2nc3ccccc3[nH]2)c(Cl)c1.Clc1ccc2c3ccc(-c4ccccc4)cc3c3nc4ccccc4n3c2c1. The molecule has 122 heavy (non-hydrogen) atoms. The lowest BCUT2D eigenvalue weighted by Gasteiger charge is -2.32. The number of aromatic amines is 2. The Hall–Kier alpha value is -13.2. The number of nitrogens with one attached hydrogen (secondary N) is 2. The van der Waals surface area contributed by atoms with Crippen molar-refractivity contribution in [3.05, 3.63) is 389 Å². The van der Waals surface area contributed by atoms with Gasteiger partial charge in [-0.2, -0.15) is 0 Å². The first-order chi connectivity index (χ1) is 59.5. The van der Waals surface area contributed by atoms with E-state index in [2.05, 4.69) is 259 Å². The summed E-state index contributed by atoms with van der Waals surface area (Å²) in [5, 5.41) is 10.2. The number of pyridine rings is 2. The van der Waals surface area contributed by atoms with Crippen molar-refractivity contribution in [1.29, 1.82) is 0 Å². The van der Waals surface area contributed by atoms with Gasteiger partial charge in [0.1, 0.15) is 22.9 Å². The van der Waals surface area contributed by atoms with Gasteiger partial charge in [0.05, 0.1) is 66.4 Å². The first kappa shape index (κ1) is 77.4. The van der Waals surface area contributed by atoms with E-state index in [4.69, 9.17) is 87.2 Å². The number of benzene rings is 16. The van der Waals surface area contributed by atoms with Gasteiger partial charge in [0, 0.05) is 68.9 Å². The Bertz CT molecular complexity index is 7520. The number of aromatic nitrogens is 8. The summed E-state index contributed by atoms with van der Waals surface area (Å²) < 4.78 is 17.3. The predicted molar refractivity (Wildman–Crippen MR) is 512 cm³/mol. The van der Waals surface area contributed by atoms with Crippen LogP contribution in [0.2, 0.25) is 25.1 Å². The third kappa shape index (κ3) is 14.6. The molecule has 1 aliphatic rings. The first-order valence-corrected chi connectivity index (χ1v) is 42.2. The van der Waals surface area contributed by atoms with E-state index in [1.807, 2.05) is 140 Å². The van der Waals surface area contributed by atoms with Gasteiger partial charge >= 0.3 is 7.12 Å². The smallest absolute Gasteiger partial charge is 0.399 e. The molecule has 0 amide bonds. The van der Waals surface area contributed by atoms with Crippen LogP contribution in [-0.4, -0.2) is 57.0 Å². The molecule has 1 fully saturated rings. The molecule has 6 aromatic heterocycles. The molecule has 0 atom stereocenters. The molecule has 1 saturated heterocycles. The van der Waals surface area contributed by atoms with Crippen LogP contribution in [0.25, 0.3) is 188 Å². The van der Waals surface area contributed by atoms with Crippen molar-refractivity contribution in [3.8, 4) is 89.5 Å². The molecular weight excluding hydrogens is 1610 g/mol. The Morgan fingerprint density at radius 2 is 0.598 bits per heavy atom. The third-order valence-corrected chi connectivity index (χ3v) is 24.7. The molecule has 22 aromatic rings. The number of rotatable bonds is 9. The molecule has 0 aliphatic carbocycles. The van der Waals surface area contributed by atoms with Gasteiger partial charge in [0.25, 0.3) is 0 Å². The molecule has 16 heteroatoms. The van der Waals surface area contributed by atoms with E-state index in [1.54, 1.807) is 12.1 Å². The summed E-state index contributed by atoms with van der Waals surface area (Å²) in [4.78, 5) is 26.6. The summed E-state index contributed by atoms with van der Waals surface area (Å²) in [6.45, 7) is 8.36. The molecule has 0 spiro atoms. The van der Waals surface area contributed by atoms with E-state index >= 15 is 0 Å². The summed E-state index contributed by atoms with van der Waals surface area (Å²) in [6.07, 6.45) is 0. The van der Waals surface area contributed by atoms with Crippen molar-refractivity contribution in [1.82, 2.24) is 38.7 Å². The standard InChI is InChI=1S/C31H27BN2O2.2C25H16Cl2N2.C25H15ClN2/c1-30(2)31(3,4)36-32(35-30)22-15-17-24-23-16-14-21(20-10-6-5-7-11-20)18-25(23)29-33-26-12-8-9-13-27(26)34(29)28(24)19-22;2*26-18-11-13-20(22(27)15-18)19-12-10-17(16-6-2-1-3-7-16)14-21(19)25-28-23-8-4-5-9-24(23)29-25;26-18-11-13-20-19-12-10-17(16-6-2-1-3-7-16)14-21(19)25-27-22-8-4-5-9-23(22)28(25)24(20)15-18/h5-19H,1-4H3;2*1-15H,(H,28,29);1-15H. The minimum Gasteiger partial charge on any atom is -0.399 e. The van der Waals surface area contributed by atoms with Crippen LogP contribution in [-0.2, 0) is 9.31 Å². The van der Waals surface area contributed by atoms with Gasteiger partial charge < -0.3 is 19.3 Å². The zero-order valence-electron chi connectivity index (χ0n) is 66.6. The van der Waals surface area contributed by atoms with Crippen LogP contribution in [0.5, 0.6) is 0 Å². The van der Waals surface area contributed by atoms with Gasteiger partial charge in [0.2, 0.25) is 0 Å². The number of nitrogens with zero attached hydrogens (tertiary/aromatic N) is 6. The highest BCUT2D eigenvalue weighted by Crippen LogP contribution is 2.45. The molecule has 0 bridgehead atoms. The van der Waals surface area contributed by atoms with Crippen LogP contribution in [0, 0.1) is 0 Å². The maximum absolute atomic E-state index is 6.54. The van der Waals surface area contributed by atoms with E-state index in [9.17, 15) is 0 Å². The third-order valence-electron chi connectivity index (χ3n) is 23.4. The molecule has 16 aromatic carbocycles. The largest absolute Gasteiger partial charge is 0.494 e. The first-order valence-electron chi connectivity index (χ1n) is 40.4. The highest BCUT2D eigenvalue weighted by molar-refractivity contribution is 6.62. The van der Waals surface area contributed by atoms with Crippen molar-refractivity contribution < 1.29 is 9.31 Å². The van der Waals surface area contributed by atoms with E-state index in [0.717, 1.165) is 155 Å². The zero-order valence-corrected chi connectivity index (χ0v) is 70.4. The quantitative estimate of drug-likeness (QED) is 0.110. The minimum absolute atomic E-state index is 0.388. The van der Waals surface area contributed by atoms with Crippen LogP contribution >= 0.6 is 58.0 Å². The Morgan fingerprint density at radius 1 is 0.262 bits per heavy atom. The number of H-pyrrole nitrogens is 2. The second-order valence-corrected chi connectivity index (χ2v) is 33.6. The second kappa shape index (κ2) is 32.1. The average molecular weight is 1680 g/mol. The van der Waals surface area contributed by atoms with Crippen LogP contribution in [0.4, 0.5) is 0 Å². The Kier molecular flexibility index (Phi) is 20.4. The van der Waals surface area contributed by atoms with Gasteiger partial charge in [-0.25, -0.2) is 19.9 Å². The summed E-state index contributed by atoms with van der Waals surface area (Å²) in [5.41, 5.74) is 27.5. The summed E-state index contributed by atoms with van der Waals surface area (Å²) in [5.74, 6) is 1.62. The minimum atomic E-state index is -0.416. The molecule has 0 radical (unpaired) electrons. The number of hydrogen-bond donors (Lipinski definition) is 2.